The Morgan fingerprint density at radius 1 is 0.825 bits per heavy atom. The molecule has 2 aromatic carbocycles. The zero-order valence-corrected chi connectivity index (χ0v) is 45.9. The van der Waals surface area contributed by atoms with Gasteiger partial charge in [-0.05, 0) is 122 Å². The van der Waals surface area contributed by atoms with Crippen LogP contribution in [0.5, 0.6) is 0 Å². The van der Waals surface area contributed by atoms with Gasteiger partial charge in [-0.25, -0.2) is 19.2 Å². The summed E-state index contributed by atoms with van der Waals surface area (Å²) in [5, 5.41) is 83.9. The largest absolute Gasteiger partial charge is 0.491 e. The SMILES string of the molecule is CN(C(=O)OC(C)(C)C)[C@@H]1[C@@H](O)[C@@H](O[C@H]2[C@H](NC(=O)[C@@H](O)CNC(=O)OC(C)(C)C)C[C@H](NC(=O)OCc3ccc([N+](=O)[O-])cc3)C([C@H]3OC(CNCCCN)=CC[C@H]3NC(=O)OCc3ccc([N+](=O)[O-])cc3)[C@@H]2O)OC[C@]1(C)O. The lowest BCUT2D eigenvalue weighted by Gasteiger charge is -2.52. The van der Waals surface area contributed by atoms with Gasteiger partial charge in [-0.2, -0.15) is 0 Å². The van der Waals surface area contributed by atoms with Crippen LogP contribution in [0.25, 0.3) is 0 Å². The summed E-state index contributed by atoms with van der Waals surface area (Å²) >= 11 is 0. The summed E-state index contributed by atoms with van der Waals surface area (Å²) in [7, 11) is 1.28. The van der Waals surface area contributed by atoms with Gasteiger partial charge in [0.15, 0.2) is 6.29 Å². The molecule has 2 heterocycles. The molecule has 1 saturated heterocycles. The van der Waals surface area contributed by atoms with Crippen LogP contribution >= 0.6 is 0 Å². The smallest absolute Gasteiger partial charge is 0.410 e. The Bertz CT molecular complexity index is 2490. The number of alkyl carbamates (subject to hydrolysis) is 3. The van der Waals surface area contributed by atoms with Crippen LogP contribution in [-0.2, 0) is 51.2 Å². The van der Waals surface area contributed by atoms with E-state index in [-0.39, 0.29) is 30.9 Å². The van der Waals surface area contributed by atoms with Crippen molar-refractivity contribution in [1.29, 1.82) is 0 Å². The van der Waals surface area contributed by atoms with Crippen molar-refractivity contribution in [3.8, 4) is 0 Å². The van der Waals surface area contributed by atoms with Gasteiger partial charge in [-0.15, -0.1) is 0 Å². The monoisotopic (exact) mass is 1130 g/mol. The van der Waals surface area contributed by atoms with E-state index in [1.165, 1.54) is 62.5 Å². The first-order chi connectivity index (χ1) is 37.5. The molecule has 12 atom stereocenters. The molecule has 2 aliphatic heterocycles. The first-order valence-corrected chi connectivity index (χ1v) is 25.8. The van der Waals surface area contributed by atoms with E-state index in [1.807, 2.05) is 0 Å². The standard InChI is InChI=1S/C51H75N9O20/c1-49(2,3)79-45(65)54-24-36(61)43(64)55-35-22-34(57-47(67)75-26-29-12-16-31(17-13-29)60(72)73)37(38(62)41(35)78-44-39(63)42(51(7,69)27-76-44)58(8)48(68)80-50(4,5)6)40-33(19-18-32(77-40)23-53-21-9-20-52)56-46(66)74-25-28-10-14-30(15-11-28)59(70)71/h10-18,33-42,44,53,61-63,69H,9,19-27,52H2,1-8H3,(H,54,65)(H,55,64)(H,56,66)(H,57,67)/t33-,34+,35-,36+,37?,38+,39-,40+,41+,42-,44-,51+/m1/s1. The van der Waals surface area contributed by atoms with E-state index in [4.69, 9.17) is 38.9 Å². The van der Waals surface area contributed by atoms with Gasteiger partial charge in [0.05, 0.1) is 53.8 Å². The minimum absolute atomic E-state index is 0.0203. The number of ether oxygens (including phenoxy) is 7. The summed E-state index contributed by atoms with van der Waals surface area (Å²) in [6.45, 7) is 9.93. The number of aliphatic hydroxyl groups is 4. The number of likely N-dealkylation sites (N-methyl/N-ethyl adjacent to an activating group) is 1. The number of rotatable bonds is 21. The van der Waals surface area contributed by atoms with E-state index in [2.05, 4.69) is 26.6 Å². The molecule has 0 bridgehead atoms. The molecule has 0 aromatic heterocycles. The fourth-order valence-corrected chi connectivity index (χ4v) is 9.19. The third kappa shape index (κ3) is 18.5. The van der Waals surface area contributed by atoms with Gasteiger partial charge in [-0.3, -0.25) is 25.0 Å². The van der Waals surface area contributed by atoms with E-state index in [0.29, 0.717) is 36.4 Å². The predicted molar refractivity (Wildman–Crippen MR) is 280 cm³/mol. The van der Waals surface area contributed by atoms with Gasteiger partial charge in [0.2, 0.25) is 0 Å². The average molecular weight is 1130 g/mol. The molecule has 29 nitrogen and oxygen atoms in total. The summed E-state index contributed by atoms with van der Waals surface area (Å²) in [4.78, 5) is 89.9. The molecule has 0 radical (unpaired) electrons. The number of amides is 5. The van der Waals surface area contributed by atoms with Crippen LogP contribution in [0, 0.1) is 26.1 Å². The Labute approximate surface area is 461 Å². The second kappa shape index (κ2) is 27.9. The number of carbonyl (C=O) groups is 5. The molecular formula is C51H75N9O20. The highest BCUT2D eigenvalue weighted by molar-refractivity contribution is 5.82. The second-order valence-electron chi connectivity index (χ2n) is 21.8. The van der Waals surface area contributed by atoms with E-state index in [1.54, 1.807) is 47.6 Å². The number of aliphatic hydroxyl groups excluding tert-OH is 3. The van der Waals surface area contributed by atoms with Crippen LogP contribution in [0.4, 0.5) is 30.6 Å². The Morgan fingerprint density at radius 3 is 1.90 bits per heavy atom. The van der Waals surface area contributed by atoms with Crippen molar-refractivity contribution in [3.05, 3.63) is 91.7 Å². The Balaban J connectivity index is 1.56. The first-order valence-electron chi connectivity index (χ1n) is 25.8. The van der Waals surface area contributed by atoms with Crippen LogP contribution in [0.1, 0.15) is 78.9 Å². The van der Waals surface area contributed by atoms with Gasteiger partial charge < -0.3 is 90.8 Å². The second-order valence-corrected chi connectivity index (χ2v) is 21.8. The molecule has 2 fully saturated rings. The van der Waals surface area contributed by atoms with Crippen LogP contribution in [0.2, 0.25) is 0 Å². The van der Waals surface area contributed by atoms with Crippen molar-refractivity contribution in [3.63, 3.8) is 0 Å². The minimum atomic E-state index is -1.97. The number of hydrogen-bond donors (Lipinski definition) is 10. The molecule has 1 saturated carbocycles. The minimum Gasteiger partial charge on any atom is -0.491 e. The number of nitrogens with zero attached hydrogens (tertiary/aromatic N) is 3. The van der Waals surface area contributed by atoms with Crippen molar-refractivity contribution in [2.45, 2.75) is 159 Å². The van der Waals surface area contributed by atoms with Crippen LogP contribution in [-0.4, -0.2) is 183 Å². The number of nitro groups is 2. The van der Waals surface area contributed by atoms with Crippen molar-refractivity contribution >= 4 is 41.7 Å². The number of nitrogens with two attached hydrogens (primary N) is 1. The number of hydrogen-bond acceptors (Lipinski definition) is 22. The number of benzene rings is 2. The summed E-state index contributed by atoms with van der Waals surface area (Å²) in [6.07, 6.45) is -12.8. The Hall–Kier alpha value is -6.99. The van der Waals surface area contributed by atoms with E-state index in [0.717, 1.165) is 4.90 Å². The molecule has 2 aromatic rings. The molecule has 29 heteroatoms. The maximum Gasteiger partial charge on any atom is 0.410 e. The van der Waals surface area contributed by atoms with Gasteiger partial charge >= 0.3 is 24.4 Å². The van der Waals surface area contributed by atoms with Crippen LogP contribution in [0.3, 0.4) is 0 Å². The quantitative estimate of drug-likeness (QED) is 0.0369. The fraction of sp³-hybridized carbons (Fsp3) is 0.627. The lowest BCUT2D eigenvalue weighted by molar-refractivity contribution is -0.385. The van der Waals surface area contributed by atoms with Gasteiger partial charge in [0.25, 0.3) is 17.3 Å². The van der Waals surface area contributed by atoms with E-state index in [9.17, 15) is 64.6 Å². The molecule has 11 N–H and O–H groups in total. The normalized spacial score (nSPS) is 26.2. The fourth-order valence-electron chi connectivity index (χ4n) is 9.19. The molecular weight excluding hydrogens is 1060 g/mol. The highest BCUT2D eigenvalue weighted by Crippen LogP contribution is 2.39. The lowest BCUT2D eigenvalue weighted by Crippen LogP contribution is -2.71. The topological polar surface area (TPSA) is 407 Å². The van der Waals surface area contributed by atoms with E-state index < -0.39 is 150 Å². The zero-order valence-electron chi connectivity index (χ0n) is 45.9. The molecule has 5 amide bonds. The maximum absolute atomic E-state index is 14.0. The summed E-state index contributed by atoms with van der Waals surface area (Å²) in [5.74, 6) is -2.21. The number of carbonyl (C=O) groups excluding carboxylic acids is 5. The first kappa shape index (κ1) is 63.8. The van der Waals surface area contributed by atoms with Gasteiger partial charge in [-0.1, -0.05) is 0 Å². The molecule has 5 rings (SSSR count). The molecule has 80 heavy (non-hydrogen) atoms. The summed E-state index contributed by atoms with van der Waals surface area (Å²) in [6, 6.07) is 5.03. The highest BCUT2D eigenvalue weighted by Gasteiger charge is 2.56. The molecule has 3 aliphatic rings. The van der Waals surface area contributed by atoms with Crippen molar-refractivity contribution < 1.29 is 87.4 Å². The molecule has 444 valence electrons. The maximum atomic E-state index is 14.0. The summed E-state index contributed by atoms with van der Waals surface area (Å²) < 4.78 is 40.8. The van der Waals surface area contributed by atoms with Gasteiger partial charge in [0, 0.05) is 43.3 Å². The summed E-state index contributed by atoms with van der Waals surface area (Å²) in [5.41, 5.74) is 2.18. The molecule has 1 aliphatic carbocycles. The van der Waals surface area contributed by atoms with Crippen molar-refractivity contribution in [1.82, 2.24) is 31.5 Å². The third-order valence-corrected chi connectivity index (χ3v) is 12.9. The van der Waals surface area contributed by atoms with Crippen LogP contribution in [0.15, 0.2) is 60.4 Å². The zero-order chi connectivity index (χ0) is 59.3. The average Bonchev–Trinajstić information content (AvgIpc) is 3.37. The third-order valence-electron chi connectivity index (χ3n) is 12.9. The van der Waals surface area contributed by atoms with Crippen molar-refractivity contribution in [2.75, 3.05) is 39.8 Å². The number of non-ortho nitro benzene ring substituents is 2. The van der Waals surface area contributed by atoms with E-state index >= 15 is 0 Å². The Morgan fingerprint density at radius 2 is 1.38 bits per heavy atom. The highest BCUT2D eigenvalue weighted by atomic mass is 16.7. The van der Waals surface area contributed by atoms with Crippen LogP contribution < -0.4 is 32.3 Å². The van der Waals surface area contributed by atoms with Gasteiger partial charge in [0.1, 0.15) is 60.2 Å². The molecule has 1 unspecified atom stereocenters. The Kier molecular flexibility index (Phi) is 22.3. The van der Waals surface area contributed by atoms with Crippen molar-refractivity contribution in [2.24, 2.45) is 11.7 Å². The number of nitrogens with one attached hydrogen (secondary N) is 5. The lowest BCUT2D eigenvalue weighted by atomic mass is 9.72. The number of nitro benzene ring substituents is 2. The predicted octanol–water partition coefficient (Wildman–Crippen LogP) is 1.84. The molecule has 0 spiro atoms.